The van der Waals surface area contributed by atoms with Gasteiger partial charge in [-0.05, 0) is 105 Å². The summed E-state index contributed by atoms with van der Waals surface area (Å²) < 4.78 is 25.7. The van der Waals surface area contributed by atoms with Crippen LogP contribution in [0, 0.1) is 11.2 Å². The summed E-state index contributed by atoms with van der Waals surface area (Å²) in [5, 5.41) is 0. The van der Waals surface area contributed by atoms with Crippen molar-refractivity contribution in [1.82, 2.24) is 4.90 Å². The van der Waals surface area contributed by atoms with Crippen molar-refractivity contribution in [2.75, 3.05) is 37.7 Å². The number of hydrogen-bond donors (Lipinski definition) is 1. The maximum atomic E-state index is 13.6. The van der Waals surface area contributed by atoms with Gasteiger partial charge in [-0.1, -0.05) is 12.1 Å². The molecule has 210 valence electrons. The lowest BCUT2D eigenvalue weighted by Crippen LogP contribution is -2.41. The number of primary amides is 1. The third kappa shape index (κ3) is 5.82. The summed E-state index contributed by atoms with van der Waals surface area (Å²) in [7, 11) is 0. The normalized spacial score (nSPS) is 16.9. The molecule has 0 aliphatic carbocycles. The number of piperidine rings is 1. The molecule has 3 aromatic rings. The molecule has 2 aliphatic heterocycles. The van der Waals surface area contributed by atoms with E-state index < -0.39 is 5.91 Å². The van der Waals surface area contributed by atoms with E-state index in [-0.39, 0.29) is 17.1 Å². The Hall–Kier alpha value is -3.91. The van der Waals surface area contributed by atoms with Gasteiger partial charge in [-0.3, -0.25) is 14.5 Å². The van der Waals surface area contributed by atoms with Crippen LogP contribution < -0.4 is 20.1 Å². The lowest BCUT2D eigenvalue weighted by Gasteiger charge is -2.39. The van der Waals surface area contributed by atoms with E-state index in [1.165, 1.54) is 12.1 Å². The van der Waals surface area contributed by atoms with Crippen molar-refractivity contribution < 1.29 is 23.5 Å². The Kier molecular flexibility index (Phi) is 8.07. The summed E-state index contributed by atoms with van der Waals surface area (Å²) in [4.78, 5) is 28.6. The molecule has 0 atom stereocenters. The van der Waals surface area contributed by atoms with Crippen LogP contribution in [-0.2, 0) is 11.3 Å². The first-order valence-corrected chi connectivity index (χ1v) is 13.9. The molecule has 2 saturated heterocycles. The van der Waals surface area contributed by atoms with Crippen LogP contribution in [0.2, 0.25) is 0 Å². The number of ether oxygens (including phenoxy) is 2. The SMILES string of the molecule is CCOc1cc(CN2CCC3(CC2)CC(=O)N(c2ccc(C(N)=O)cc2)C3)cc(OCC)c1-c1ccc(F)cc1. The molecule has 0 unspecified atom stereocenters. The number of halogens is 1. The summed E-state index contributed by atoms with van der Waals surface area (Å²) in [6.07, 6.45) is 2.39. The van der Waals surface area contributed by atoms with Crippen molar-refractivity contribution in [3.05, 3.63) is 77.6 Å². The van der Waals surface area contributed by atoms with Crippen LogP contribution in [-0.4, -0.2) is 49.6 Å². The molecule has 5 rings (SSSR count). The first-order valence-electron chi connectivity index (χ1n) is 13.9. The Morgan fingerprint density at radius 3 is 2.10 bits per heavy atom. The largest absolute Gasteiger partial charge is 0.493 e. The lowest BCUT2D eigenvalue weighted by molar-refractivity contribution is -0.118. The molecule has 0 radical (unpaired) electrons. The maximum absolute atomic E-state index is 13.6. The number of benzene rings is 3. The van der Waals surface area contributed by atoms with Gasteiger partial charge in [-0.25, -0.2) is 4.39 Å². The van der Waals surface area contributed by atoms with E-state index in [2.05, 4.69) is 17.0 Å². The van der Waals surface area contributed by atoms with Crippen molar-refractivity contribution in [1.29, 1.82) is 0 Å². The number of carbonyl (C=O) groups excluding carboxylic acids is 2. The number of nitrogens with zero attached hydrogens (tertiary/aromatic N) is 2. The second-order valence-corrected chi connectivity index (χ2v) is 10.7. The van der Waals surface area contributed by atoms with Crippen LogP contribution in [0.15, 0.2) is 60.7 Å². The summed E-state index contributed by atoms with van der Waals surface area (Å²) >= 11 is 0. The summed E-state index contributed by atoms with van der Waals surface area (Å²) in [5.41, 5.74) is 9.32. The highest BCUT2D eigenvalue weighted by Crippen LogP contribution is 2.44. The van der Waals surface area contributed by atoms with E-state index in [0.29, 0.717) is 31.7 Å². The van der Waals surface area contributed by atoms with Gasteiger partial charge in [0.2, 0.25) is 11.8 Å². The number of hydrogen-bond acceptors (Lipinski definition) is 5. The van der Waals surface area contributed by atoms with Crippen LogP contribution in [0.5, 0.6) is 11.5 Å². The molecule has 40 heavy (non-hydrogen) atoms. The second kappa shape index (κ2) is 11.7. The van der Waals surface area contributed by atoms with E-state index in [1.54, 1.807) is 36.4 Å². The fourth-order valence-corrected chi connectivity index (χ4v) is 5.89. The molecule has 2 heterocycles. The third-order valence-corrected chi connectivity index (χ3v) is 7.97. The lowest BCUT2D eigenvalue weighted by atomic mass is 9.77. The molecule has 0 bridgehead atoms. The van der Waals surface area contributed by atoms with E-state index in [0.717, 1.165) is 66.4 Å². The highest BCUT2D eigenvalue weighted by molar-refractivity contribution is 5.97. The van der Waals surface area contributed by atoms with Gasteiger partial charge in [0, 0.05) is 30.8 Å². The minimum absolute atomic E-state index is 0.0463. The maximum Gasteiger partial charge on any atom is 0.248 e. The Morgan fingerprint density at radius 2 is 1.55 bits per heavy atom. The predicted octanol–water partition coefficient (Wildman–Crippen LogP) is 5.41. The van der Waals surface area contributed by atoms with E-state index in [4.69, 9.17) is 15.2 Å². The molecule has 0 aromatic heterocycles. The summed E-state index contributed by atoms with van der Waals surface area (Å²) in [6, 6.07) is 17.5. The van der Waals surface area contributed by atoms with Gasteiger partial charge in [-0.2, -0.15) is 0 Å². The zero-order valence-electron chi connectivity index (χ0n) is 23.1. The number of amides is 2. The average molecular weight is 546 g/mol. The molecule has 0 saturated carbocycles. The smallest absolute Gasteiger partial charge is 0.248 e. The molecule has 2 fully saturated rings. The molecule has 3 aromatic carbocycles. The second-order valence-electron chi connectivity index (χ2n) is 10.7. The molecular weight excluding hydrogens is 509 g/mol. The van der Waals surface area contributed by atoms with Crippen molar-refractivity contribution in [2.45, 2.75) is 39.7 Å². The van der Waals surface area contributed by atoms with Gasteiger partial charge in [0.25, 0.3) is 0 Å². The van der Waals surface area contributed by atoms with Crippen molar-refractivity contribution in [3.8, 4) is 22.6 Å². The minimum atomic E-state index is -0.477. The fourth-order valence-electron chi connectivity index (χ4n) is 5.89. The average Bonchev–Trinajstić information content (AvgIpc) is 3.26. The van der Waals surface area contributed by atoms with Crippen molar-refractivity contribution >= 4 is 17.5 Å². The van der Waals surface area contributed by atoms with Crippen LogP contribution in [0.4, 0.5) is 10.1 Å². The summed E-state index contributed by atoms with van der Waals surface area (Å²) in [5.74, 6) is 0.812. The zero-order valence-corrected chi connectivity index (χ0v) is 23.1. The number of nitrogens with two attached hydrogens (primary N) is 1. The number of anilines is 1. The predicted molar refractivity (Wildman–Crippen MR) is 153 cm³/mol. The van der Waals surface area contributed by atoms with E-state index >= 15 is 0 Å². The monoisotopic (exact) mass is 545 g/mol. The standard InChI is InChI=1S/C32H36FN3O4/c1-3-39-27-17-22(18-28(40-4-2)30(27)23-5-9-25(33)10-6-23)20-35-15-13-32(14-16-35)19-29(37)36(21-32)26-11-7-24(8-12-26)31(34)38/h5-12,17-18H,3-4,13-16,19-21H2,1-2H3,(H2,34,38). The molecule has 7 nitrogen and oxygen atoms in total. The van der Waals surface area contributed by atoms with Crippen LogP contribution in [0.3, 0.4) is 0 Å². The molecule has 2 amide bonds. The molecule has 2 N–H and O–H groups in total. The topological polar surface area (TPSA) is 85.1 Å². The fraction of sp³-hybridized carbons (Fsp3) is 0.375. The summed E-state index contributed by atoms with van der Waals surface area (Å²) in [6.45, 7) is 8.10. The quantitative estimate of drug-likeness (QED) is 0.389. The van der Waals surface area contributed by atoms with E-state index in [1.807, 2.05) is 18.7 Å². The third-order valence-electron chi connectivity index (χ3n) is 7.97. The van der Waals surface area contributed by atoms with Gasteiger partial charge in [0.15, 0.2) is 0 Å². The number of likely N-dealkylation sites (tertiary alicyclic amines) is 1. The molecule has 8 heteroatoms. The molecule has 1 spiro atoms. The minimum Gasteiger partial charge on any atom is -0.493 e. The molecular formula is C32H36FN3O4. The Balaban J connectivity index is 1.29. The van der Waals surface area contributed by atoms with E-state index in [9.17, 15) is 14.0 Å². The Labute approximate surface area is 234 Å². The van der Waals surface area contributed by atoms with Gasteiger partial charge in [-0.15, -0.1) is 0 Å². The highest BCUT2D eigenvalue weighted by Gasteiger charge is 2.45. The van der Waals surface area contributed by atoms with Gasteiger partial charge >= 0.3 is 0 Å². The Bertz CT molecular complexity index is 1340. The highest BCUT2D eigenvalue weighted by atomic mass is 19.1. The Morgan fingerprint density at radius 1 is 0.950 bits per heavy atom. The van der Waals surface area contributed by atoms with Crippen LogP contribution >= 0.6 is 0 Å². The van der Waals surface area contributed by atoms with Gasteiger partial charge in [0.1, 0.15) is 17.3 Å². The van der Waals surface area contributed by atoms with Crippen molar-refractivity contribution in [2.24, 2.45) is 11.1 Å². The number of carbonyl (C=O) groups is 2. The number of rotatable bonds is 9. The zero-order chi connectivity index (χ0) is 28.3. The van der Waals surface area contributed by atoms with Gasteiger partial charge in [0.05, 0.1) is 18.8 Å². The van der Waals surface area contributed by atoms with Crippen LogP contribution in [0.25, 0.3) is 11.1 Å². The van der Waals surface area contributed by atoms with Crippen molar-refractivity contribution in [3.63, 3.8) is 0 Å². The first-order chi connectivity index (χ1) is 19.3. The van der Waals surface area contributed by atoms with Gasteiger partial charge < -0.3 is 20.1 Å². The molecule has 2 aliphatic rings. The first kappa shape index (κ1) is 27.6. The van der Waals surface area contributed by atoms with Crippen LogP contribution in [0.1, 0.15) is 49.0 Å².